The molecule has 0 amide bonds. The minimum Gasteiger partial charge on any atom is -0.489 e. The van der Waals surface area contributed by atoms with Crippen LogP contribution in [0.5, 0.6) is 5.75 Å². The molecule has 1 aliphatic carbocycles. The number of carboxylic acids is 2. The lowest BCUT2D eigenvalue weighted by atomic mass is 9.86. The Kier molecular flexibility index (Phi) is 5.93. The van der Waals surface area contributed by atoms with E-state index < -0.39 is 11.9 Å². The van der Waals surface area contributed by atoms with Crippen molar-refractivity contribution in [3.8, 4) is 5.75 Å². The molecule has 2 N–H and O–H groups in total. The van der Waals surface area contributed by atoms with Gasteiger partial charge in [-0.3, -0.25) is 4.90 Å². The van der Waals surface area contributed by atoms with Crippen LogP contribution in [0.1, 0.15) is 30.4 Å². The Morgan fingerprint density at radius 2 is 1.69 bits per heavy atom. The number of rotatable bonds is 4. The first-order chi connectivity index (χ1) is 12.5. The Hall–Kier alpha value is -2.34. The van der Waals surface area contributed by atoms with E-state index in [4.69, 9.17) is 14.9 Å². The monoisotopic (exact) mass is 359 g/mol. The van der Waals surface area contributed by atoms with E-state index in [1.165, 1.54) is 56.3 Å². The molecule has 1 atom stereocenters. The van der Waals surface area contributed by atoms with E-state index in [-0.39, 0.29) is 0 Å². The van der Waals surface area contributed by atoms with Gasteiger partial charge in [0.1, 0.15) is 11.9 Å². The second kappa shape index (κ2) is 8.36. The lowest BCUT2D eigenvalue weighted by molar-refractivity contribution is -0.134. The summed E-state index contributed by atoms with van der Waals surface area (Å²) in [5.74, 6) is -0.613. The maximum atomic E-state index is 9.55. The fourth-order valence-electron chi connectivity index (χ4n) is 3.98. The molecule has 1 unspecified atom stereocenters. The molecule has 0 radical (unpaired) electrons. The van der Waals surface area contributed by atoms with Crippen LogP contribution in [-0.4, -0.2) is 52.8 Å². The molecule has 0 aromatic heterocycles. The van der Waals surface area contributed by atoms with Gasteiger partial charge < -0.3 is 14.9 Å². The number of aliphatic carboxylic acids is 2. The van der Waals surface area contributed by atoms with Crippen molar-refractivity contribution in [3.05, 3.63) is 41.5 Å². The van der Waals surface area contributed by atoms with Crippen LogP contribution in [0.25, 0.3) is 0 Å². The minimum absolute atomic E-state index is 0.437. The molecule has 140 valence electrons. The first kappa shape index (κ1) is 18.5. The van der Waals surface area contributed by atoms with Gasteiger partial charge in [-0.1, -0.05) is 6.07 Å². The zero-order chi connectivity index (χ0) is 18.5. The van der Waals surface area contributed by atoms with Crippen molar-refractivity contribution in [2.45, 2.75) is 38.2 Å². The number of carboxylic acid groups (broad SMARTS) is 2. The number of hydrogen-bond acceptors (Lipinski definition) is 4. The Morgan fingerprint density at radius 1 is 1.04 bits per heavy atom. The van der Waals surface area contributed by atoms with Crippen LogP contribution in [0, 0.1) is 5.92 Å². The number of benzene rings is 1. The summed E-state index contributed by atoms with van der Waals surface area (Å²) in [6.07, 6.45) is 8.03. The van der Waals surface area contributed by atoms with Gasteiger partial charge >= 0.3 is 11.9 Å². The molecule has 6 nitrogen and oxygen atoms in total. The Labute approximate surface area is 153 Å². The molecule has 6 heteroatoms. The summed E-state index contributed by atoms with van der Waals surface area (Å²) in [5.41, 5.74) is 3.06. The van der Waals surface area contributed by atoms with Crippen LogP contribution in [0.3, 0.4) is 0 Å². The van der Waals surface area contributed by atoms with Crippen LogP contribution in [-0.2, 0) is 22.4 Å². The number of aryl methyl sites for hydroxylation is 2. The maximum Gasteiger partial charge on any atom is 0.328 e. The molecule has 4 aliphatic rings. The highest BCUT2D eigenvalue weighted by Gasteiger charge is 2.35. The molecular formula is C20H25NO5. The molecule has 3 saturated heterocycles. The van der Waals surface area contributed by atoms with Gasteiger partial charge in [0, 0.05) is 18.7 Å². The average Bonchev–Trinajstić information content (AvgIpc) is 3.09. The van der Waals surface area contributed by atoms with Crippen LogP contribution in [0.2, 0.25) is 0 Å². The second-order valence-corrected chi connectivity index (χ2v) is 7.09. The van der Waals surface area contributed by atoms with E-state index in [9.17, 15) is 9.59 Å². The SMILES string of the molecule is O=C(O)/C=C/C(=O)O.c1cc2c(cc1OC1CN3CCC1CC3)CCC2. The number of fused-ring (bicyclic) bond motifs is 4. The fraction of sp³-hybridized carbons (Fsp3) is 0.500. The van der Waals surface area contributed by atoms with E-state index >= 15 is 0 Å². The standard InChI is InChI=1S/C16H21NO.C4H4O4/c1-2-12-4-5-15(10-14(12)3-1)18-16-11-17-8-6-13(16)7-9-17;5-3(6)1-2-4(7)8/h4-5,10,13,16H,1-3,6-9,11H2;1-2H,(H,5,6)(H,7,8)/b;2-1+. The van der Waals surface area contributed by atoms with Gasteiger partial charge in [0.2, 0.25) is 0 Å². The number of piperidine rings is 3. The number of carbonyl (C=O) groups is 2. The summed E-state index contributed by atoms with van der Waals surface area (Å²) in [7, 11) is 0. The number of nitrogens with zero attached hydrogens (tertiary/aromatic N) is 1. The van der Waals surface area contributed by atoms with Gasteiger partial charge in [-0.2, -0.15) is 0 Å². The van der Waals surface area contributed by atoms with Crippen molar-refractivity contribution in [2.24, 2.45) is 5.92 Å². The number of ether oxygens (including phenoxy) is 1. The minimum atomic E-state index is -1.26. The first-order valence-corrected chi connectivity index (χ1v) is 9.16. The van der Waals surface area contributed by atoms with Crippen molar-refractivity contribution >= 4 is 11.9 Å². The van der Waals surface area contributed by atoms with Crippen molar-refractivity contribution in [2.75, 3.05) is 19.6 Å². The first-order valence-electron chi connectivity index (χ1n) is 9.16. The summed E-state index contributed by atoms with van der Waals surface area (Å²) in [6, 6.07) is 6.75. The van der Waals surface area contributed by atoms with Crippen LogP contribution in [0.15, 0.2) is 30.4 Å². The van der Waals surface area contributed by atoms with Gasteiger partial charge in [0.15, 0.2) is 0 Å². The van der Waals surface area contributed by atoms with Gasteiger partial charge in [-0.15, -0.1) is 0 Å². The molecule has 0 saturated carbocycles. The van der Waals surface area contributed by atoms with E-state index in [1.807, 2.05) is 0 Å². The fourth-order valence-corrected chi connectivity index (χ4v) is 3.98. The lowest BCUT2D eigenvalue weighted by Gasteiger charge is -2.44. The average molecular weight is 359 g/mol. The molecule has 3 fully saturated rings. The second-order valence-electron chi connectivity index (χ2n) is 7.09. The molecule has 3 heterocycles. The van der Waals surface area contributed by atoms with E-state index in [0.29, 0.717) is 18.3 Å². The predicted octanol–water partition coefficient (Wildman–Crippen LogP) is 2.36. The molecule has 3 aliphatic heterocycles. The van der Waals surface area contributed by atoms with Gasteiger partial charge in [0.05, 0.1) is 0 Å². The van der Waals surface area contributed by atoms with Gasteiger partial charge in [0.25, 0.3) is 0 Å². The van der Waals surface area contributed by atoms with Gasteiger partial charge in [-0.25, -0.2) is 9.59 Å². The summed E-state index contributed by atoms with van der Waals surface area (Å²) in [5, 5.41) is 15.6. The van der Waals surface area contributed by atoms with E-state index in [2.05, 4.69) is 23.1 Å². The van der Waals surface area contributed by atoms with E-state index in [1.54, 1.807) is 0 Å². The quantitative estimate of drug-likeness (QED) is 0.803. The molecule has 5 rings (SSSR count). The summed E-state index contributed by atoms with van der Waals surface area (Å²) in [4.78, 5) is 21.7. The summed E-state index contributed by atoms with van der Waals surface area (Å²) < 4.78 is 6.27. The van der Waals surface area contributed by atoms with Crippen LogP contribution in [0.4, 0.5) is 0 Å². The Balaban J connectivity index is 0.000000211. The molecule has 26 heavy (non-hydrogen) atoms. The molecule has 1 aromatic carbocycles. The van der Waals surface area contributed by atoms with Crippen molar-refractivity contribution in [1.82, 2.24) is 4.90 Å². The maximum absolute atomic E-state index is 9.55. The lowest BCUT2D eigenvalue weighted by Crippen LogP contribution is -2.52. The smallest absolute Gasteiger partial charge is 0.328 e. The highest BCUT2D eigenvalue weighted by Crippen LogP contribution is 2.32. The summed E-state index contributed by atoms with van der Waals surface area (Å²) in [6.45, 7) is 3.71. The number of hydrogen-bond donors (Lipinski definition) is 2. The Morgan fingerprint density at radius 3 is 2.27 bits per heavy atom. The normalized spacial score (nSPS) is 26.1. The largest absolute Gasteiger partial charge is 0.489 e. The zero-order valence-electron chi connectivity index (χ0n) is 14.8. The topological polar surface area (TPSA) is 87.1 Å². The van der Waals surface area contributed by atoms with E-state index in [0.717, 1.165) is 18.2 Å². The Bertz CT molecular complexity index is 675. The van der Waals surface area contributed by atoms with Crippen LogP contribution < -0.4 is 4.74 Å². The molecule has 0 spiro atoms. The highest BCUT2D eigenvalue weighted by molar-refractivity contribution is 5.89. The van der Waals surface area contributed by atoms with Crippen molar-refractivity contribution < 1.29 is 24.5 Å². The predicted molar refractivity (Wildman–Crippen MR) is 96.5 cm³/mol. The van der Waals surface area contributed by atoms with Gasteiger partial charge in [-0.05, 0) is 74.4 Å². The third-order valence-electron chi connectivity index (χ3n) is 5.32. The third-order valence-corrected chi connectivity index (χ3v) is 5.32. The van der Waals surface area contributed by atoms with Crippen LogP contribution >= 0.6 is 0 Å². The molecular weight excluding hydrogens is 334 g/mol. The molecule has 2 bridgehead atoms. The third kappa shape index (κ3) is 4.85. The van der Waals surface area contributed by atoms with Crippen molar-refractivity contribution in [1.29, 1.82) is 0 Å². The van der Waals surface area contributed by atoms with Crippen molar-refractivity contribution in [3.63, 3.8) is 0 Å². The zero-order valence-corrected chi connectivity index (χ0v) is 14.8. The summed E-state index contributed by atoms with van der Waals surface area (Å²) >= 11 is 0. The molecule has 1 aromatic rings. The highest BCUT2D eigenvalue weighted by atomic mass is 16.5.